The lowest BCUT2D eigenvalue weighted by Gasteiger charge is -2.12. The number of aromatic nitrogens is 2. The molecule has 1 aliphatic heterocycles. The van der Waals surface area contributed by atoms with Gasteiger partial charge in [-0.25, -0.2) is 9.97 Å². The van der Waals surface area contributed by atoms with Gasteiger partial charge < -0.3 is 5.73 Å². The van der Waals surface area contributed by atoms with Gasteiger partial charge in [-0.3, -0.25) is 0 Å². The molecule has 4 heteroatoms. The van der Waals surface area contributed by atoms with Gasteiger partial charge in [0, 0.05) is 11.4 Å². The number of rotatable bonds is 1. The van der Waals surface area contributed by atoms with Gasteiger partial charge in [0.15, 0.2) is 0 Å². The van der Waals surface area contributed by atoms with Crippen LogP contribution in [0.4, 0.5) is 0 Å². The Morgan fingerprint density at radius 2 is 2.00 bits per heavy atom. The first-order valence-electron chi connectivity index (χ1n) is 5.38. The molecule has 1 aromatic heterocycles. The Bertz CT molecular complexity index is 363. The average Bonchev–Trinajstić information content (AvgIpc) is 2.42. The fourth-order valence-corrected chi connectivity index (χ4v) is 2.75. The molecule has 0 amide bonds. The lowest BCUT2D eigenvalue weighted by molar-refractivity contribution is 0.714. The Balaban J connectivity index is 2.44. The molecule has 0 aromatic carbocycles. The van der Waals surface area contributed by atoms with Crippen molar-refractivity contribution in [3.05, 3.63) is 22.8 Å². The molecular formula is C11H17N3S. The largest absolute Gasteiger partial charge is 0.322 e. The van der Waals surface area contributed by atoms with Crippen LogP contribution in [0.2, 0.25) is 0 Å². The normalized spacial score (nSPS) is 18.1. The van der Waals surface area contributed by atoms with Crippen LogP contribution in [0.5, 0.6) is 0 Å². The summed E-state index contributed by atoms with van der Waals surface area (Å²) in [5, 5.41) is 0. The van der Waals surface area contributed by atoms with Crippen LogP contribution >= 0.6 is 11.8 Å². The highest BCUT2D eigenvalue weighted by Gasteiger charge is 2.15. The predicted octanol–water partition coefficient (Wildman–Crippen LogP) is 1.64. The van der Waals surface area contributed by atoms with Crippen LogP contribution < -0.4 is 5.73 Å². The fourth-order valence-electron chi connectivity index (χ4n) is 1.86. The van der Waals surface area contributed by atoms with Gasteiger partial charge in [0.1, 0.15) is 5.82 Å². The summed E-state index contributed by atoms with van der Waals surface area (Å²) < 4.78 is 0. The van der Waals surface area contributed by atoms with Gasteiger partial charge in [-0.1, -0.05) is 0 Å². The molecule has 0 saturated heterocycles. The van der Waals surface area contributed by atoms with E-state index in [0.717, 1.165) is 24.4 Å². The number of hydrogen-bond acceptors (Lipinski definition) is 4. The van der Waals surface area contributed by atoms with E-state index in [1.165, 1.54) is 22.8 Å². The minimum absolute atomic E-state index is 0.0649. The SMILES string of the molecule is Cc1nc(C(C)N)nc2c1CCSCC2. The first-order valence-corrected chi connectivity index (χ1v) is 6.53. The monoisotopic (exact) mass is 223 g/mol. The molecular weight excluding hydrogens is 206 g/mol. The summed E-state index contributed by atoms with van der Waals surface area (Å²) in [6, 6.07) is -0.0649. The van der Waals surface area contributed by atoms with Gasteiger partial charge in [0.05, 0.1) is 6.04 Å². The summed E-state index contributed by atoms with van der Waals surface area (Å²) in [6.45, 7) is 4.01. The zero-order valence-corrected chi connectivity index (χ0v) is 10.1. The summed E-state index contributed by atoms with van der Waals surface area (Å²) in [6.07, 6.45) is 2.16. The van der Waals surface area contributed by atoms with Gasteiger partial charge in [-0.05, 0) is 43.8 Å². The number of nitrogens with zero attached hydrogens (tertiary/aromatic N) is 2. The Kier molecular flexibility index (Phi) is 3.26. The number of aryl methyl sites for hydroxylation is 2. The van der Waals surface area contributed by atoms with Crippen molar-refractivity contribution in [1.29, 1.82) is 0 Å². The summed E-state index contributed by atoms with van der Waals surface area (Å²) in [5.74, 6) is 3.15. The van der Waals surface area contributed by atoms with Gasteiger partial charge in [-0.2, -0.15) is 11.8 Å². The molecule has 15 heavy (non-hydrogen) atoms. The van der Waals surface area contributed by atoms with Crippen molar-refractivity contribution in [3.63, 3.8) is 0 Å². The Morgan fingerprint density at radius 3 is 2.73 bits per heavy atom. The van der Waals surface area contributed by atoms with Crippen LogP contribution in [0.3, 0.4) is 0 Å². The molecule has 0 spiro atoms. The van der Waals surface area contributed by atoms with Crippen molar-refractivity contribution in [1.82, 2.24) is 9.97 Å². The standard InChI is InChI=1S/C11H17N3S/c1-7(12)11-13-8(2)9-3-5-15-6-4-10(9)14-11/h7H,3-6,12H2,1-2H3. The summed E-state index contributed by atoms with van der Waals surface area (Å²) in [4.78, 5) is 9.07. The van der Waals surface area contributed by atoms with Gasteiger partial charge in [0.25, 0.3) is 0 Å². The van der Waals surface area contributed by atoms with E-state index in [4.69, 9.17) is 5.73 Å². The minimum Gasteiger partial charge on any atom is -0.322 e. The highest BCUT2D eigenvalue weighted by Crippen LogP contribution is 2.21. The zero-order valence-electron chi connectivity index (χ0n) is 9.29. The molecule has 0 fully saturated rings. The van der Waals surface area contributed by atoms with Crippen molar-refractivity contribution < 1.29 is 0 Å². The smallest absolute Gasteiger partial charge is 0.145 e. The van der Waals surface area contributed by atoms with Crippen LogP contribution in [0.15, 0.2) is 0 Å². The molecule has 2 heterocycles. The van der Waals surface area contributed by atoms with Crippen molar-refractivity contribution in [2.45, 2.75) is 32.7 Å². The first kappa shape index (κ1) is 10.9. The maximum absolute atomic E-state index is 5.82. The third kappa shape index (κ3) is 2.32. The molecule has 0 saturated carbocycles. The van der Waals surface area contributed by atoms with E-state index in [9.17, 15) is 0 Å². The van der Waals surface area contributed by atoms with Gasteiger partial charge in [-0.15, -0.1) is 0 Å². The maximum Gasteiger partial charge on any atom is 0.145 e. The third-order valence-corrected chi connectivity index (χ3v) is 3.69. The van der Waals surface area contributed by atoms with E-state index in [-0.39, 0.29) is 6.04 Å². The molecule has 1 atom stereocenters. The third-order valence-electron chi connectivity index (χ3n) is 2.70. The quantitative estimate of drug-likeness (QED) is 0.786. The van der Waals surface area contributed by atoms with Crippen molar-refractivity contribution in [2.24, 2.45) is 5.73 Å². The Hall–Kier alpha value is -0.610. The van der Waals surface area contributed by atoms with Crippen LogP contribution in [0, 0.1) is 6.92 Å². The lowest BCUT2D eigenvalue weighted by Crippen LogP contribution is -2.14. The van der Waals surface area contributed by atoms with E-state index in [0.29, 0.717) is 0 Å². The molecule has 82 valence electrons. The van der Waals surface area contributed by atoms with Crippen molar-refractivity contribution in [3.8, 4) is 0 Å². The van der Waals surface area contributed by atoms with Crippen molar-refractivity contribution in [2.75, 3.05) is 11.5 Å². The lowest BCUT2D eigenvalue weighted by atomic mass is 10.1. The van der Waals surface area contributed by atoms with Crippen LogP contribution in [0.25, 0.3) is 0 Å². The molecule has 0 radical (unpaired) electrons. The summed E-state index contributed by atoms with van der Waals surface area (Å²) in [5.41, 5.74) is 9.52. The summed E-state index contributed by atoms with van der Waals surface area (Å²) in [7, 11) is 0. The Labute approximate surface area is 94.9 Å². The molecule has 2 N–H and O–H groups in total. The molecule has 0 bridgehead atoms. The van der Waals surface area contributed by atoms with Crippen LogP contribution in [-0.2, 0) is 12.8 Å². The molecule has 2 rings (SSSR count). The molecule has 3 nitrogen and oxygen atoms in total. The maximum atomic E-state index is 5.82. The number of fused-ring (bicyclic) bond motifs is 1. The average molecular weight is 223 g/mol. The minimum atomic E-state index is -0.0649. The fraction of sp³-hybridized carbons (Fsp3) is 0.636. The van der Waals surface area contributed by atoms with Crippen molar-refractivity contribution >= 4 is 11.8 Å². The second-order valence-electron chi connectivity index (χ2n) is 3.99. The van der Waals surface area contributed by atoms with Gasteiger partial charge in [0.2, 0.25) is 0 Å². The number of nitrogens with two attached hydrogens (primary N) is 1. The van der Waals surface area contributed by atoms with E-state index in [2.05, 4.69) is 16.9 Å². The highest BCUT2D eigenvalue weighted by molar-refractivity contribution is 7.99. The van der Waals surface area contributed by atoms with E-state index in [1.54, 1.807) is 0 Å². The Morgan fingerprint density at radius 1 is 1.27 bits per heavy atom. The highest BCUT2D eigenvalue weighted by atomic mass is 32.2. The topological polar surface area (TPSA) is 51.8 Å². The first-order chi connectivity index (χ1) is 7.18. The van der Waals surface area contributed by atoms with Crippen LogP contribution in [0.1, 0.15) is 35.7 Å². The molecule has 1 aromatic rings. The second-order valence-corrected chi connectivity index (χ2v) is 5.22. The zero-order chi connectivity index (χ0) is 10.8. The van der Waals surface area contributed by atoms with E-state index >= 15 is 0 Å². The molecule has 1 aliphatic rings. The second kappa shape index (κ2) is 4.49. The molecule has 0 aliphatic carbocycles. The molecule has 1 unspecified atom stereocenters. The van der Waals surface area contributed by atoms with Gasteiger partial charge >= 0.3 is 0 Å². The number of hydrogen-bond donors (Lipinski definition) is 1. The number of thioether (sulfide) groups is 1. The van der Waals surface area contributed by atoms with E-state index < -0.39 is 0 Å². The van der Waals surface area contributed by atoms with Crippen LogP contribution in [-0.4, -0.2) is 21.5 Å². The summed E-state index contributed by atoms with van der Waals surface area (Å²) >= 11 is 2.00. The van der Waals surface area contributed by atoms with E-state index in [1.807, 2.05) is 18.7 Å². The predicted molar refractivity (Wildman–Crippen MR) is 64.1 cm³/mol.